The van der Waals surface area contributed by atoms with E-state index in [4.69, 9.17) is 10.5 Å². The summed E-state index contributed by atoms with van der Waals surface area (Å²) in [4.78, 5) is 0. The van der Waals surface area contributed by atoms with E-state index in [-0.39, 0.29) is 5.54 Å². The molecule has 0 spiro atoms. The highest BCUT2D eigenvalue weighted by Gasteiger charge is 2.25. The van der Waals surface area contributed by atoms with Crippen LogP contribution >= 0.6 is 0 Å². The number of nitrogens with two attached hydrogens (primary N) is 1. The van der Waals surface area contributed by atoms with Gasteiger partial charge >= 0.3 is 0 Å². The number of hydrogen-bond acceptors (Lipinski definition) is 3. The predicted octanol–water partition coefficient (Wildman–Crippen LogP) is 3.40. The van der Waals surface area contributed by atoms with E-state index in [1.54, 1.807) is 7.11 Å². The zero-order valence-corrected chi connectivity index (χ0v) is 11.8. The van der Waals surface area contributed by atoms with Crippen LogP contribution in [0.5, 0.6) is 5.75 Å². The van der Waals surface area contributed by atoms with Gasteiger partial charge < -0.3 is 15.8 Å². The number of anilines is 1. The maximum Gasteiger partial charge on any atom is 0.119 e. The molecule has 0 bridgehead atoms. The lowest BCUT2D eigenvalue weighted by atomic mass is 9.89. The highest BCUT2D eigenvalue weighted by atomic mass is 16.5. The summed E-state index contributed by atoms with van der Waals surface area (Å²) in [6.07, 6.45) is 4.55. The molecule has 3 nitrogen and oxygen atoms in total. The standard InChI is InChI=1S/C15H26N2O/c1-4-6-11-15(5-2,12-16)17-13-7-9-14(18-3)10-8-13/h7-10,17H,4-6,11-12,16H2,1-3H3. The fraction of sp³-hybridized carbons (Fsp3) is 0.600. The Hall–Kier alpha value is -1.22. The molecule has 0 fully saturated rings. The molecule has 0 aliphatic carbocycles. The molecule has 3 N–H and O–H groups in total. The van der Waals surface area contributed by atoms with Crippen molar-refractivity contribution in [3.8, 4) is 5.75 Å². The molecule has 18 heavy (non-hydrogen) atoms. The van der Waals surface area contributed by atoms with E-state index in [0.29, 0.717) is 6.54 Å². The third-order valence-corrected chi connectivity index (χ3v) is 3.58. The summed E-state index contributed by atoms with van der Waals surface area (Å²) in [5.41, 5.74) is 7.10. The fourth-order valence-electron chi connectivity index (χ4n) is 2.12. The molecule has 0 heterocycles. The molecular formula is C15H26N2O. The maximum atomic E-state index is 5.98. The largest absolute Gasteiger partial charge is 0.497 e. The van der Waals surface area contributed by atoms with Gasteiger partial charge in [0, 0.05) is 17.8 Å². The van der Waals surface area contributed by atoms with Gasteiger partial charge in [-0.3, -0.25) is 0 Å². The zero-order valence-electron chi connectivity index (χ0n) is 11.8. The van der Waals surface area contributed by atoms with Crippen LogP contribution in [0.2, 0.25) is 0 Å². The van der Waals surface area contributed by atoms with Crippen molar-refractivity contribution in [1.29, 1.82) is 0 Å². The van der Waals surface area contributed by atoms with Crippen molar-refractivity contribution in [3.63, 3.8) is 0 Å². The van der Waals surface area contributed by atoms with E-state index in [0.717, 1.165) is 24.3 Å². The highest BCUT2D eigenvalue weighted by molar-refractivity contribution is 5.48. The molecule has 1 aromatic carbocycles. The van der Waals surface area contributed by atoms with Gasteiger partial charge in [-0.15, -0.1) is 0 Å². The molecular weight excluding hydrogens is 224 g/mol. The Morgan fingerprint density at radius 3 is 2.33 bits per heavy atom. The van der Waals surface area contributed by atoms with Crippen molar-refractivity contribution in [1.82, 2.24) is 0 Å². The number of nitrogens with one attached hydrogen (secondary N) is 1. The van der Waals surface area contributed by atoms with Crippen LogP contribution in [0.15, 0.2) is 24.3 Å². The topological polar surface area (TPSA) is 47.3 Å². The molecule has 102 valence electrons. The van der Waals surface area contributed by atoms with Crippen LogP contribution in [-0.4, -0.2) is 19.2 Å². The van der Waals surface area contributed by atoms with Gasteiger partial charge in [0.1, 0.15) is 5.75 Å². The number of methoxy groups -OCH3 is 1. The molecule has 0 aliphatic heterocycles. The summed E-state index contributed by atoms with van der Waals surface area (Å²) < 4.78 is 5.16. The van der Waals surface area contributed by atoms with E-state index >= 15 is 0 Å². The second-order valence-corrected chi connectivity index (χ2v) is 4.80. The van der Waals surface area contributed by atoms with Crippen LogP contribution in [0.1, 0.15) is 39.5 Å². The van der Waals surface area contributed by atoms with Gasteiger partial charge in [0.2, 0.25) is 0 Å². The molecule has 1 unspecified atom stereocenters. The van der Waals surface area contributed by atoms with Gasteiger partial charge in [-0.05, 0) is 37.1 Å². The van der Waals surface area contributed by atoms with Gasteiger partial charge in [-0.2, -0.15) is 0 Å². The molecule has 1 atom stereocenters. The molecule has 1 aromatic rings. The van der Waals surface area contributed by atoms with Gasteiger partial charge in [0.05, 0.1) is 7.11 Å². The highest BCUT2D eigenvalue weighted by Crippen LogP contribution is 2.25. The van der Waals surface area contributed by atoms with Crippen LogP contribution in [0.4, 0.5) is 5.69 Å². The van der Waals surface area contributed by atoms with Crippen LogP contribution in [0.3, 0.4) is 0 Å². The first-order valence-electron chi connectivity index (χ1n) is 6.82. The summed E-state index contributed by atoms with van der Waals surface area (Å²) >= 11 is 0. The van der Waals surface area contributed by atoms with Crippen molar-refractivity contribution < 1.29 is 4.74 Å². The van der Waals surface area contributed by atoms with Gasteiger partial charge in [-0.25, -0.2) is 0 Å². The minimum Gasteiger partial charge on any atom is -0.497 e. The monoisotopic (exact) mass is 250 g/mol. The second kappa shape index (κ2) is 7.27. The molecule has 0 aromatic heterocycles. The molecule has 1 rings (SSSR count). The first-order valence-corrected chi connectivity index (χ1v) is 6.82. The minimum absolute atomic E-state index is 0.0185. The first-order chi connectivity index (χ1) is 8.69. The Morgan fingerprint density at radius 1 is 1.22 bits per heavy atom. The summed E-state index contributed by atoms with van der Waals surface area (Å²) in [6, 6.07) is 8.04. The minimum atomic E-state index is 0.0185. The van der Waals surface area contributed by atoms with Crippen molar-refractivity contribution in [2.75, 3.05) is 19.0 Å². The molecule has 0 radical (unpaired) electrons. The molecule has 0 amide bonds. The normalized spacial score (nSPS) is 14.0. The smallest absolute Gasteiger partial charge is 0.119 e. The number of rotatable bonds is 8. The second-order valence-electron chi connectivity index (χ2n) is 4.80. The predicted molar refractivity (Wildman–Crippen MR) is 78.2 cm³/mol. The molecule has 0 saturated carbocycles. The number of benzene rings is 1. The van der Waals surface area contributed by atoms with Crippen LogP contribution in [0.25, 0.3) is 0 Å². The summed E-state index contributed by atoms with van der Waals surface area (Å²) in [6.45, 7) is 5.07. The lowest BCUT2D eigenvalue weighted by Crippen LogP contribution is -2.45. The van der Waals surface area contributed by atoms with E-state index in [1.807, 2.05) is 24.3 Å². The van der Waals surface area contributed by atoms with Crippen LogP contribution in [-0.2, 0) is 0 Å². The average molecular weight is 250 g/mol. The first kappa shape index (κ1) is 14.8. The van der Waals surface area contributed by atoms with E-state index in [1.165, 1.54) is 12.8 Å². The summed E-state index contributed by atoms with van der Waals surface area (Å²) in [7, 11) is 1.68. The average Bonchev–Trinajstić information content (AvgIpc) is 2.44. The molecule has 0 saturated heterocycles. The van der Waals surface area contributed by atoms with Crippen molar-refractivity contribution in [3.05, 3.63) is 24.3 Å². The van der Waals surface area contributed by atoms with Gasteiger partial charge in [-0.1, -0.05) is 26.7 Å². The van der Waals surface area contributed by atoms with E-state index in [2.05, 4.69) is 19.2 Å². The maximum absolute atomic E-state index is 5.98. The van der Waals surface area contributed by atoms with Crippen molar-refractivity contribution in [2.24, 2.45) is 5.73 Å². The summed E-state index contributed by atoms with van der Waals surface area (Å²) in [5, 5.41) is 3.60. The number of hydrogen-bond donors (Lipinski definition) is 2. The Morgan fingerprint density at radius 2 is 1.89 bits per heavy atom. The van der Waals surface area contributed by atoms with Crippen LogP contribution < -0.4 is 15.8 Å². The lowest BCUT2D eigenvalue weighted by molar-refractivity contribution is 0.409. The Balaban J connectivity index is 2.74. The third-order valence-electron chi connectivity index (χ3n) is 3.58. The Kier molecular flexibility index (Phi) is 5.99. The fourth-order valence-corrected chi connectivity index (χ4v) is 2.12. The van der Waals surface area contributed by atoms with E-state index < -0.39 is 0 Å². The SMILES string of the molecule is CCCCC(CC)(CN)Nc1ccc(OC)cc1. The van der Waals surface area contributed by atoms with Crippen LogP contribution in [0, 0.1) is 0 Å². The van der Waals surface area contributed by atoms with Gasteiger partial charge in [0.15, 0.2) is 0 Å². The summed E-state index contributed by atoms with van der Waals surface area (Å²) in [5.74, 6) is 0.879. The Labute approximate surface area is 111 Å². The van der Waals surface area contributed by atoms with Crippen molar-refractivity contribution in [2.45, 2.75) is 45.1 Å². The Bertz CT molecular complexity index is 331. The third kappa shape index (κ3) is 3.91. The molecule has 3 heteroatoms. The lowest BCUT2D eigenvalue weighted by Gasteiger charge is -2.34. The quantitative estimate of drug-likeness (QED) is 0.743. The van der Waals surface area contributed by atoms with Gasteiger partial charge in [0.25, 0.3) is 0 Å². The van der Waals surface area contributed by atoms with E-state index in [9.17, 15) is 0 Å². The number of unbranched alkanes of at least 4 members (excludes halogenated alkanes) is 1. The van der Waals surface area contributed by atoms with Crippen molar-refractivity contribution >= 4 is 5.69 Å². The zero-order chi connectivity index (χ0) is 13.4. The number of ether oxygens (including phenoxy) is 1. The molecule has 0 aliphatic rings.